The van der Waals surface area contributed by atoms with Crippen LogP contribution in [0.15, 0.2) is 18.2 Å². The number of likely N-dealkylation sites (N-methyl/N-ethyl adjacent to an activating group) is 1. The van der Waals surface area contributed by atoms with Gasteiger partial charge in [0.15, 0.2) is 0 Å². The second-order valence-corrected chi connectivity index (χ2v) is 4.97. The summed E-state index contributed by atoms with van der Waals surface area (Å²) in [6, 6.07) is 5.84. The lowest BCUT2D eigenvalue weighted by Gasteiger charge is -2.29. The van der Waals surface area contributed by atoms with E-state index in [2.05, 4.69) is 19.4 Å². The fourth-order valence-corrected chi connectivity index (χ4v) is 1.88. The van der Waals surface area contributed by atoms with Crippen molar-refractivity contribution < 1.29 is 26.4 Å². The molecule has 19 heavy (non-hydrogen) atoms. The zero-order chi connectivity index (χ0) is 13.6. The molecule has 1 amide bonds. The molecule has 0 aromatic heterocycles. The molecule has 0 saturated carbocycles. The molecular weight excluding hydrogens is 266 g/mol. The topological polar surface area (TPSA) is 64.3 Å². The first-order valence-electron chi connectivity index (χ1n) is 5.90. The van der Waals surface area contributed by atoms with E-state index >= 15 is 0 Å². The van der Waals surface area contributed by atoms with E-state index in [0.717, 1.165) is 29.5 Å². The normalized spacial score (nSPS) is 10.5. The number of ether oxygens (including phenoxy) is 1. The van der Waals surface area contributed by atoms with Crippen LogP contribution in [0.4, 0.5) is 5.69 Å². The van der Waals surface area contributed by atoms with Crippen LogP contribution in [-0.4, -0.2) is 45.2 Å². The number of anilines is 1. The smallest absolute Gasteiger partial charge is 0.207 e. The minimum atomic E-state index is 0. The van der Waals surface area contributed by atoms with Gasteiger partial charge in [-0.25, -0.2) is 0 Å². The highest BCUT2D eigenvalue weighted by molar-refractivity contribution is 5.54. The van der Waals surface area contributed by atoms with Gasteiger partial charge >= 0.3 is 0 Å². The molecule has 1 aromatic carbocycles. The van der Waals surface area contributed by atoms with Crippen molar-refractivity contribution in [1.29, 1.82) is 0 Å². The summed E-state index contributed by atoms with van der Waals surface area (Å²) in [4.78, 5) is 10.2. The summed E-state index contributed by atoms with van der Waals surface area (Å²) in [5.74, 6) is 0.701. The van der Waals surface area contributed by atoms with Crippen LogP contribution in [0.3, 0.4) is 0 Å². The quantitative estimate of drug-likeness (QED) is 0.254. The average Bonchev–Trinajstić information content (AvgIpc) is 2.29. The monoisotopic (exact) mass is 287 g/mol. The van der Waals surface area contributed by atoms with Crippen LogP contribution in [0.2, 0.25) is 0 Å². The number of nitrogens with one attached hydrogen (secondary N) is 1. The second-order valence-electron chi connectivity index (χ2n) is 4.97. The second kappa shape index (κ2) is 7.86. The van der Waals surface area contributed by atoms with Gasteiger partial charge in [-0.3, -0.25) is 4.79 Å². The van der Waals surface area contributed by atoms with E-state index in [1.54, 1.807) is 7.11 Å². The summed E-state index contributed by atoms with van der Waals surface area (Å²) in [7, 11) is 5.84. The van der Waals surface area contributed by atoms with Gasteiger partial charge in [0.05, 0.1) is 40.0 Å². The van der Waals surface area contributed by atoms with Crippen molar-refractivity contribution in [2.24, 2.45) is 0 Å². The number of quaternary nitrogens is 1. The number of hydrogen-bond donors (Lipinski definition) is 2. The van der Waals surface area contributed by atoms with E-state index < -0.39 is 0 Å². The number of nitrogen functional groups attached to an aromatic ring is 1. The Morgan fingerprint density at radius 2 is 2.11 bits per heavy atom. The molecule has 6 heteroatoms. The molecule has 1 rings (SSSR count). The Balaban J connectivity index is 0.00000324. The van der Waals surface area contributed by atoms with E-state index in [-0.39, 0.29) is 12.4 Å². The number of methoxy groups -OCH3 is 1. The minimum Gasteiger partial charge on any atom is -1.00 e. The maximum absolute atomic E-state index is 10.2. The number of halogens is 1. The largest absolute Gasteiger partial charge is 1.00 e. The van der Waals surface area contributed by atoms with Crippen molar-refractivity contribution in [3.8, 4) is 5.75 Å². The van der Waals surface area contributed by atoms with Crippen molar-refractivity contribution >= 4 is 12.1 Å². The number of nitrogens with zero attached hydrogens (tertiary/aromatic N) is 1. The molecular formula is C13H22ClN3O2. The molecule has 0 saturated heterocycles. The molecule has 1 aromatic rings. The van der Waals surface area contributed by atoms with Crippen molar-refractivity contribution in [3.63, 3.8) is 0 Å². The Bertz CT molecular complexity index is 411. The van der Waals surface area contributed by atoms with Gasteiger partial charge in [0.1, 0.15) is 12.3 Å². The lowest BCUT2D eigenvalue weighted by Crippen LogP contribution is -3.00. The zero-order valence-corrected chi connectivity index (χ0v) is 12.4. The zero-order valence-electron chi connectivity index (χ0n) is 11.6. The number of benzene rings is 1. The SMILES string of the molecule is COc1ccc(C[N+](C)(C)CCNC=O)cc1N.[Cl-]. The fourth-order valence-electron chi connectivity index (χ4n) is 1.88. The molecule has 0 radical (unpaired) electrons. The van der Waals surface area contributed by atoms with Gasteiger partial charge in [-0.2, -0.15) is 0 Å². The molecule has 3 N–H and O–H groups in total. The van der Waals surface area contributed by atoms with Gasteiger partial charge in [-0.05, 0) is 18.2 Å². The standard InChI is InChI=1S/C13H21N3O2.ClH/c1-16(2,7-6-15-10-17)9-11-4-5-13(18-3)12(14)8-11;/h4-5,8,10H,6-7,9,14H2,1-3H3;1H. The van der Waals surface area contributed by atoms with Crippen molar-refractivity contribution in [3.05, 3.63) is 23.8 Å². The lowest BCUT2D eigenvalue weighted by atomic mass is 10.1. The Kier molecular flexibility index (Phi) is 7.26. The molecule has 0 aliphatic heterocycles. The van der Waals surface area contributed by atoms with Crippen LogP contribution in [0.25, 0.3) is 0 Å². The van der Waals surface area contributed by atoms with Crippen LogP contribution >= 0.6 is 0 Å². The van der Waals surface area contributed by atoms with E-state index in [1.807, 2.05) is 18.2 Å². The molecule has 0 atom stereocenters. The summed E-state index contributed by atoms with van der Waals surface area (Å²) in [5, 5.41) is 2.68. The molecule has 0 unspecified atom stereocenters. The lowest BCUT2D eigenvalue weighted by molar-refractivity contribution is -0.902. The molecule has 0 aliphatic carbocycles. The van der Waals surface area contributed by atoms with Gasteiger partial charge in [0, 0.05) is 5.56 Å². The molecule has 0 fully saturated rings. The first-order chi connectivity index (χ1) is 8.48. The summed E-state index contributed by atoms with van der Waals surface area (Å²) in [6.07, 6.45) is 0.728. The Morgan fingerprint density at radius 3 is 2.63 bits per heavy atom. The Morgan fingerprint density at radius 1 is 1.42 bits per heavy atom. The van der Waals surface area contributed by atoms with E-state index in [0.29, 0.717) is 18.0 Å². The van der Waals surface area contributed by atoms with Crippen LogP contribution in [0.5, 0.6) is 5.75 Å². The maximum Gasteiger partial charge on any atom is 0.207 e. The van der Waals surface area contributed by atoms with Crippen molar-refractivity contribution in [1.82, 2.24) is 5.32 Å². The maximum atomic E-state index is 10.2. The van der Waals surface area contributed by atoms with Gasteiger partial charge in [0.2, 0.25) is 6.41 Å². The highest BCUT2D eigenvalue weighted by Gasteiger charge is 2.16. The van der Waals surface area contributed by atoms with E-state index in [4.69, 9.17) is 10.5 Å². The molecule has 5 nitrogen and oxygen atoms in total. The number of hydrogen-bond acceptors (Lipinski definition) is 3. The minimum absolute atomic E-state index is 0. The molecule has 108 valence electrons. The molecule has 0 heterocycles. The van der Waals surface area contributed by atoms with Gasteiger partial charge in [-0.1, -0.05) is 0 Å². The van der Waals surface area contributed by atoms with Crippen LogP contribution < -0.4 is 28.2 Å². The highest BCUT2D eigenvalue weighted by Crippen LogP contribution is 2.23. The van der Waals surface area contributed by atoms with Crippen LogP contribution in [0.1, 0.15) is 5.56 Å². The fraction of sp³-hybridized carbons (Fsp3) is 0.462. The number of amides is 1. The summed E-state index contributed by atoms with van der Waals surface area (Å²) < 4.78 is 5.91. The third kappa shape index (κ3) is 5.81. The first kappa shape index (κ1) is 17.5. The Hall–Kier alpha value is -1.46. The predicted molar refractivity (Wildman–Crippen MR) is 72.2 cm³/mol. The average molecular weight is 288 g/mol. The van der Waals surface area contributed by atoms with Gasteiger partial charge in [-0.15, -0.1) is 0 Å². The number of nitrogens with two attached hydrogens (primary N) is 1. The van der Waals surface area contributed by atoms with E-state index in [1.165, 1.54) is 0 Å². The molecule has 0 bridgehead atoms. The third-order valence-electron chi connectivity index (χ3n) is 2.85. The first-order valence-corrected chi connectivity index (χ1v) is 5.90. The van der Waals surface area contributed by atoms with Crippen LogP contribution in [0, 0.1) is 0 Å². The summed E-state index contributed by atoms with van der Waals surface area (Å²) in [5.41, 5.74) is 7.69. The van der Waals surface area contributed by atoms with Crippen LogP contribution in [-0.2, 0) is 11.3 Å². The molecule has 0 spiro atoms. The number of rotatable bonds is 7. The van der Waals surface area contributed by atoms with E-state index in [9.17, 15) is 4.79 Å². The van der Waals surface area contributed by atoms with Gasteiger partial charge < -0.3 is 32.7 Å². The third-order valence-corrected chi connectivity index (χ3v) is 2.85. The van der Waals surface area contributed by atoms with Crippen molar-refractivity contribution in [2.75, 3.05) is 40.0 Å². The van der Waals surface area contributed by atoms with Crippen molar-refractivity contribution in [2.45, 2.75) is 6.54 Å². The van der Waals surface area contributed by atoms with Gasteiger partial charge in [0.25, 0.3) is 0 Å². The summed E-state index contributed by atoms with van der Waals surface area (Å²) in [6.45, 7) is 2.39. The highest BCUT2D eigenvalue weighted by atomic mass is 35.5. The molecule has 0 aliphatic rings. The Labute approximate surface area is 120 Å². The number of carbonyl (C=O) groups excluding carboxylic acids is 1. The number of carbonyl (C=O) groups is 1. The summed E-state index contributed by atoms with van der Waals surface area (Å²) >= 11 is 0. The predicted octanol–water partition coefficient (Wildman–Crippen LogP) is -2.40.